The van der Waals surface area contributed by atoms with Gasteiger partial charge in [-0.3, -0.25) is 4.99 Å². The minimum absolute atomic E-state index is 0.564. The van der Waals surface area contributed by atoms with E-state index in [1.807, 2.05) is 24.1 Å². The van der Waals surface area contributed by atoms with Gasteiger partial charge in [-0.05, 0) is 24.1 Å². The minimum Gasteiger partial charge on any atom is -0.382 e. The fourth-order valence-electron chi connectivity index (χ4n) is 1.99. The number of hydrogen-bond acceptors (Lipinski definition) is 3. The van der Waals surface area contributed by atoms with E-state index in [9.17, 15) is 0 Å². The molecule has 5 nitrogen and oxygen atoms in total. The number of nitrogens with one attached hydrogen (secondary N) is 1. The number of hydrogen-bond donors (Lipinski definition) is 1. The summed E-state index contributed by atoms with van der Waals surface area (Å²) in [5, 5.41) is 4.44. The highest BCUT2D eigenvalue weighted by Gasteiger charge is 2.07. The Morgan fingerprint density at radius 2 is 2.00 bits per heavy atom. The van der Waals surface area contributed by atoms with Crippen molar-refractivity contribution in [3.63, 3.8) is 0 Å². The quantitative estimate of drug-likeness (QED) is 0.417. The van der Waals surface area contributed by atoms with Crippen molar-refractivity contribution in [1.29, 1.82) is 0 Å². The molecule has 0 saturated heterocycles. The van der Waals surface area contributed by atoms with Gasteiger partial charge in [0.2, 0.25) is 0 Å². The van der Waals surface area contributed by atoms with Gasteiger partial charge in [0.1, 0.15) is 0 Å². The Morgan fingerprint density at radius 1 is 1.22 bits per heavy atom. The van der Waals surface area contributed by atoms with Gasteiger partial charge >= 0.3 is 0 Å². The van der Waals surface area contributed by atoms with E-state index in [1.54, 1.807) is 20.2 Å². The first-order valence-electron chi connectivity index (χ1n) is 7.51. The lowest BCUT2D eigenvalue weighted by atomic mass is 10.2. The summed E-state index contributed by atoms with van der Waals surface area (Å²) in [4.78, 5) is 6.32. The number of nitrogens with zero attached hydrogens (tertiary/aromatic N) is 2. The summed E-state index contributed by atoms with van der Waals surface area (Å²) < 4.78 is 10.3. The molecule has 7 heteroatoms. The molecule has 0 amide bonds. The number of methoxy groups -OCH3 is 1. The van der Waals surface area contributed by atoms with Crippen LogP contribution in [0.3, 0.4) is 0 Å². The molecule has 0 aliphatic rings. The molecular weight excluding hydrogens is 337 g/mol. The van der Waals surface area contributed by atoms with Gasteiger partial charge in [0.05, 0.1) is 23.3 Å². The Kier molecular flexibility index (Phi) is 10.0. The normalized spacial score (nSPS) is 11.6. The maximum absolute atomic E-state index is 6.05. The number of ether oxygens (including phenoxy) is 2. The first kappa shape index (κ1) is 20.0. The molecule has 0 aliphatic heterocycles. The maximum atomic E-state index is 6.05. The van der Waals surface area contributed by atoms with Gasteiger partial charge < -0.3 is 19.7 Å². The zero-order valence-electron chi connectivity index (χ0n) is 13.9. The van der Waals surface area contributed by atoms with E-state index in [2.05, 4.69) is 10.3 Å². The van der Waals surface area contributed by atoms with Crippen LogP contribution in [-0.4, -0.2) is 58.4 Å². The first-order valence-corrected chi connectivity index (χ1v) is 8.26. The molecule has 0 aliphatic carbocycles. The molecule has 0 atom stereocenters. The Balaban J connectivity index is 2.34. The smallest absolute Gasteiger partial charge is 0.193 e. The molecule has 1 aromatic carbocycles. The molecular formula is C16H25Cl2N3O2. The van der Waals surface area contributed by atoms with Crippen molar-refractivity contribution in [3.05, 3.63) is 33.8 Å². The average molecular weight is 362 g/mol. The van der Waals surface area contributed by atoms with Crippen LogP contribution in [0, 0.1) is 0 Å². The Labute approximate surface area is 148 Å². The average Bonchev–Trinajstić information content (AvgIpc) is 2.53. The third kappa shape index (κ3) is 7.88. The number of guanidine groups is 1. The summed E-state index contributed by atoms with van der Waals surface area (Å²) in [6, 6.07) is 5.64. The molecule has 0 fully saturated rings. The maximum Gasteiger partial charge on any atom is 0.193 e. The van der Waals surface area contributed by atoms with Crippen LogP contribution >= 0.6 is 23.2 Å². The largest absolute Gasteiger partial charge is 0.382 e. The molecule has 0 unspecified atom stereocenters. The van der Waals surface area contributed by atoms with Crippen LogP contribution in [0.4, 0.5) is 0 Å². The molecule has 0 radical (unpaired) electrons. The van der Waals surface area contributed by atoms with Crippen LogP contribution in [0.25, 0.3) is 0 Å². The fraction of sp³-hybridized carbons (Fsp3) is 0.562. The zero-order chi connectivity index (χ0) is 17.1. The van der Waals surface area contributed by atoms with E-state index >= 15 is 0 Å². The van der Waals surface area contributed by atoms with Crippen molar-refractivity contribution in [2.75, 3.05) is 47.6 Å². The molecule has 0 bridgehead atoms. The number of rotatable bonds is 9. The summed E-state index contributed by atoms with van der Waals surface area (Å²) in [6.07, 6.45) is 0.906. The Bertz CT molecular complexity index is 498. The van der Waals surface area contributed by atoms with E-state index in [4.69, 9.17) is 32.7 Å². The standard InChI is InChI=1S/C16H25Cl2N3O2/c1-19-16(20-7-4-8-23-10-9-22-3)21(2)12-13-5-6-14(17)15(18)11-13/h5-6,11H,4,7-10,12H2,1-3H3,(H,19,20). The molecule has 1 rings (SSSR count). The SMILES string of the molecule is CN=C(NCCCOCCOC)N(C)Cc1ccc(Cl)c(Cl)c1. The van der Waals surface area contributed by atoms with Gasteiger partial charge in [0.25, 0.3) is 0 Å². The second kappa shape index (κ2) is 11.5. The number of aliphatic imine (C=N–C) groups is 1. The van der Waals surface area contributed by atoms with Gasteiger partial charge in [-0.15, -0.1) is 0 Å². The third-order valence-electron chi connectivity index (χ3n) is 3.16. The van der Waals surface area contributed by atoms with E-state index in [0.29, 0.717) is 36.4 Å². The predicted octanol–water partition coefficient (Wildman–Crippen LogP) is 3.05. The van der Waals surface area contributed by atoms with E-state index in [-0.39, 0.29) is 0 Å². The highest BCUT2D eigenvalue weighted by molar-refractivity contribution is 6.42. The molecule has 130 valence electrons. The van der Waals surface area contributed by atoms with Crippen molar-refractivity contribution >= 4 is 29.2 Å². The summed E-state index contributed by atoms with van der Waals surface area (Å²) in [7, 11) is 5.41. The van der Waals surface area contributed by atoms with Crippen LogP contribution in [0.5, 0.6) is 0 Å². The highest BCUT2D eigenvalue weighted by Crippen LogP contribution is 2.23. The van der Waals surface area contributed by atoms with Crippen LogP contribution < -0.4 is 5.32 Å². The lowest BCUT2D eigenvalue weighted by Gasteiger charge is -2.22. The molecule has 1 aromatic rings. The molecule has 0 spiro atoms. The van der Waals surface area contributed by atoms with E-state index in [1.165, 1.54) is 0 Å². The second-order valence-electron chi connectivity index (χ2n) is 5.04. The monoisotopic (exact) mass is 361 g/mol. The molecule has 0 saturated carbocycles. The van der Waals surface area contributed by atoms with Crippen molar-refractivity contribution < 1.29 is 9.47 Å². The molecule has 0 aromatic heterocycles. The van der Waals surface area contributed by atoms with Crippen molar-refractivity contribution in [2.45, 2.75) is 13.0 Å². The van der Waals surface area contributed by atoms with Gasteiger partial charge in [-0.25, -0.2) is 0 Å². The van der Waals surface area contributed by atoms with Crippen LogP contribution in [0.2, 0.25) is 10.0 Å². The van der Waals surface area contributed by atoms with Crippen molar-refractivity contribution in [3.8, 4) is 0 Å². The lowest BCUT2D eigenvalue weighted by Crippen LogP contribution is -2.39. The van der Waals surface area contributed by atoms with E-state index < -0.39 is 0 Å². The molecule has 23 heavy (non-hydrogen) atoms. The second-order valence-corrected chi connectivity index (χ2v) is 5.85. The Hall–Kier alpha value is -1.01. The summed E-state index contributed by atoms with van der Waals surface area (Å²) >= 11 is 12.0. The van der Waals surface area contributed by atoms with Gasteiger partial charge in [0.15, 0.2) is 5.96 Å². The third-order valence-corrected chi connectivity index (χ3v) is 3.90. The fourth-order valence-corrected chi connectivity index (χ4v) is 2.31. The van der Waals surface area contributed by atoms with Crippen molar-refractivity contribution in [2.24, 2.45) is 4.99 Å². The van der Waals surface area contributed by atoms with Crippen LogP contribution in [-0.2, 0) is 16.0 Å². The minimum atomic E-state index is 0.564. The number of halogens is 2. The van der Waals surface area contributed by atoms with E-state index in [0.717, 1.165) is 24.5 Å². The van der Waals surface area contributed by atoms with Crippen LogP contribution in [0.1, 0.15) is 12.0 Å². The summed E-state index contributed by atoms with van der Waals surface area (Å²) in [6.45, 7) is 3.44. The van der Waals surface area contributed by atoms with Gasteiger partial charge in [0, 0.05) is 40.9 Å². The molecule has 0 heterocycles. The summed E-state index contributed by atoms with van der Waals surface area (Å²) in [5.41, 5.74) is 1.08. The number of benzene rings is 1. The summed E-state index contributed by atoms with van der Waals surface area (Å²) in [5.74, 6) is 0.827. The highest BCUT2D eigenvalue weighted by atomic mass is 35.5. The van der Waals surface area contributed by atoms with Gasteiger partial charge in [-0.2, -0.15) is 0 Å². The lowest BCUT2D eigenvalue weighted by molar-refractivity contribution is 0.0698. The zero-order valence-corrected chi connectivity index (χ0v) is 15.5. The van der Waals surface area contributed by atoms with Crippen LogP contribution in [0.15, 0.2) is 23.2 Å². The molecule has 1 N–H and O–H groups in total. The predicted molar refractivity (Wildman–Crippen MR) is 96.6 cm³/mol. The van der Waals surface area contributed by atoms with Crippen molar-refractivity contribution in [1.82, 2.24) is 10.2 Å². The van der Waals surface area contributed by atoms with Gasteiger partial charge in [-0.1, -0.05) is 29.3 Å². The Morgan fingerprint density at radius 3 is 2.65 bits per heavy atom. The first-order chi connectivity index (χ1) is 11.1. The topological polar surface area (TPSA) is 46.1 Å².